The topological polar surface area (TPSA) is 82.6 Å². The Morgan fingerprint density at radius 1 is 1.15 bits per heavy atom. The number of aliphatic imine (C=N–C) groups is 1. The molecule has 1 heterocycles. The first-order valence-corrected chi connectivity index (χ1v) is 8.53. The number of carbonyl (C=O) groups is 2. The first-order valence-electron chi connectivity index (χ1n) is 8.53. The van der Waals surface area contributed by atoms with Gasteiger partial charge in [0.2, 0.25) is 11.8 Å². The number of hydrogen-bond acceptors (Lipinski definition) is 3. The fraction of sp³-hybridized carbons (Fsp3) is 0.250. The predicted molar refractivity (Wildman–Crippen MR) is 102 cm³/mol. The van der Waals surface area contributed by atoms with Crippen molar-refractivity contribution in [3.05, 3.63) is 65.2 Å². The van der Waals surface area contributed by atoms with E-state index >= 15 is 0 Å². The summed E-state index contributed by atoms with van der Waals surface area (Å²) in [6, 6.07) is 14.9. The number of amides is 2. The van der Waals surface area contributed by atoms with Crippen molar-refractivity contribution in [2.24, 2.45) is 4.99 Å². The van der Waals surface area contributed by atoms with E-state index in [1.165, 1.54) is 0 Å². The van der Waals surface area contributed by atoms with Gasteiger partial charge in [-0.1, -0.05) is 36.4 Å². The minimum atomic E-state index is -0.654. The monoisotopic (exact) mass is 350 g/mol. The summed E-state index contributed by atoms with van der Waals surface area (Å²) >= 11 is 0. The standard InChI is InChI=1S/C20H22N4O2/c1-13-8-14(2)10-16(9-13)22-19(26)17-11-18(25)24-20(23-17)21-12-15-6-4-3-5-7-15/h3-10,17H,11-12H2,1-2H3,(H,22,26)(H2,21,23,24,25)/t17-/m0/s1. The van der Waals surface area contributed by atoms with Gasteiger partial charge in [0.25, 0.3) is 0 Å². The summed E-state index contributed by atoms with van der Waals surface area (Å²) in [5, 5.41) is 8.55. The molecule has 2 aromatic carbocycles. The second-order valence-electron chi connectivity index (χ2n) is 6.47. The van der Waals surface area contributed by atoms with Crippen LogP contribution in [0.25, 0.3) is 0 Å². The molecule has 1 saturated heterocycles. The van der Waals surface area contributed by atoms with Crippen LogP contribution in [-0.4, -0.2) is 23.8 Å². The number of carbonyl (C=O) groups excluding carboxylic acids is 2. The quantitative estimate of drug-likeness (QED) is 0.791. The van der Waals surface area contributed by atoms with Gasteiger partial charge in [0.15, 0.2) is 5.96 Å². The molecule has 3 rings (SSSR count). The van der Waals surface area contributed by atoms with Crippen LogP contribution < -0.4 is 16.0 Å². The third kappa shape index (κ3) is 4.69. The third-order valence-electron chi connectivity index (χ3n) is 4.03. The molecule has 1 aliphatic rings. The van der Waals surface area contributed by atoms with Gasteiger partial charge in [-0.25, -0.2) is 4.99 Å². The van der Waals surface area contributed by atoms with Crippen molar-refractivity contribution in [2.45, 2.75) is 32.9 Å². The molecule has 3 N–H and O–H groups in total. The Kier molecular flexibility index (Phi) is 5.31. The molecular formula is C20H22N4O2. The van der Waals surface area contributed by atoms with Crippen LogP contribution >= 0.6 is 0 Å². The summed E-state index contributed by atoms with van der Waals surface area (Å²) < 4.78 is 0. The number of nitrogens with one attached hydrogen (secondary N) is 3. The molecule has 0 unspecified atom stereocenters. The normalized spacial score (nSPS) is 18.2. The molecule has 1 aliphatic heterocycles. The lowest BCUT2D eigenvalue weighted by Gasteiger charge is -2.25. The zero-order valence-corrected chi connectivity index (χ0v) is 14.9. The second kappa shape index (κ2) is 7.82. The highest BCUT2D eigenvalue weighted by Gasteiger charge is 2.28. The minimum Gasteiger partial charge on any atom is -0.344 e. The first-order chi connectivity index (χ1) is 12.5. The van der Waals surface area contributed by atoms with Crippen LogP contribution in [0.1, 0.15) is 23.1 Å². The molecule has 0 bridgehead atoms. The van der Waals surface area contributed by atoms with E-state index in [-0.39, 0.29) is 18.2 Å². The number of rotatable bonds is 4. The van der Waals surface area contributed by atoms with E-state index < -0.39 is 6.04 Å². The summed E-state index contributed by atoms with van der Waals surface area (Å²) in [5.74, 6) is -0.154. The van der Waals surface area contributed by atoms with Crippen molar-refractivity contribution in [2.75, 3.05) is 5.32 Å². The van der Waals surface area contributed by atoms with Gasteiger partial charge in [-0.15, -0.1) is 0 Å². The second-order valence-corrected chi connectivity index (χ2v) is 6.47. The van der Waals surface area contributed by atoms with Crippen LogP contribution in [-0.2, 0) is 16.1 Å². The molecule has 0 spiro atoms. The van der Waals surface area contributed by atoms with E-state index in [1.54, 1.807) is 0 Å². The van der Waals surface area contributed by atoms with E-state index in [9.17, 15) is 9.59 Å². The van der Waals surface area contributed by atoms with Gasteiger partial charge in [0, 0.05) is 5.69 Å². The van der Waals surface area contributed by atoms with Crippen LogP contribution in [0.3, 0.4) is 0 Å². The molecule has 0 radical (unpaired) electrons. The molecule has 26 heavy (non-hydrogen) atoms. The van der Waals surface area contributed by atoms with Gasteiger partial charge in [-0.2, -0.15) is 0 Å². The number of nitrogens with zero attached hydrogens (tertiary/aromatic N) is 1. The molecular weight excluding hydrogens is 328 g/mol. The van der Waals surface area contributed by atoms with Crippen molar-refractivity contribution in [3.63, 3.8) is 0 Å². The zero-order valence-electron chi connectivity index (χ0n) is 14.9. The van der Waals surface area contributed by atoms with Gasteiger partial charge < -0.3 is 10.6 Å². The Morgan fingerprint density at radius 3 is 2.54 bits per heavy atom. The van der Waals surface area contributed by atoms with Gasteiger partial charge in [-0.3, -0.25) is 14.9 Å². The predicted octanol–water partition coefficient (Wildman–Crippen LogP) is 2.28. The lowest BCUT2D eigenvalue weighted by molar-refractivity contribution is -0.125. The Labute approximate surface area is 152 Å². The van der Waals surface area contributed by atoms with E-state index in [0.717, 1.165) is 22.4 Å². The molecule has 0 aromatic heterocycles. The summed E-state index contributed by atoms with van der Waals surface area (Å²) in [6.07, 6.45) is 0.0704. The molecule has 134 valence electrons. The largest absolute Gasteiger partial charge is 0.344 e. The average Bonchev–Trinajstić information content (AvgIpc) is 2.59. The molecule has 0 aliphatic carbocycles. The Balaban J connectivity index is 1.67. The van der Waals surface area contributed by atoms with E-state index in [2.05, 4.69) is 20.9 Å². The number of benzene rings is 2. The Hall–Kier alpha value is -3.15. The zero-order chi connectivity index (χ0) is 18.5. The molecule has 0 saturated carbocycles. The highest BCUT2D eigenvalue weighted by molar-refractivity contribution is 6.07. The first kappa shape index (κ1) is 17.7. The fourth-order valence-corrected chi connectivity index (χ4v) is 2.89. The Bertz CT molecular complexity index is 826. The summed E-state index contributed by atoms with van der Waals surface area (Å²) in [7, 11) is 0. The maximum Gasteiger partial charge on any atom is 0.247 e. The number of hydrogen-bond donors (Lipinski definition) is 3. The number of anilines is 1. The average molecular weight is 350 g/mol. The maximum atomic E-state index is 12.5. The van der Waals surface area contributed by atoms with Crippen molar-refractivity contribution < 1.29 is 9.59 Å². The van der Waals surface area contributed by atoms with Gasteiger partial charge >= 0.3 is 0 Å². The molecule has 2 amide bonds. The lowest BCUT2D eigenvalue weighted by atomic mass is 10.1. The number of aryl methyl sites for hydroxylation is 2. The van der Waals surface area contributed by atoms with Crippen LogP contribution in [0, 0.1) is 13.8 Å². The van der Waals surface area contributed by atoms with Gasteiger partial charge in [0.1, 0.15) is 6.04 Å². The molecule has 1 atom stereocenters. The van der Waals surface area contributed by atoms with Crippen LogP contribution in [0.15, 0.2) is 53.5 Å². The van der Waals surface area contributed by atoms with Gasteiger partial charge in [-0.05, 0) is 42.7 Å². The van der Waals surface area contributed by atoms with Crippen molar-refractivity contribution >= 4 is 23.5 Å². The summed E-state index contributed by atoms with van der Waals surface area (Å²) in [4.78, 5) is 28.9. The fourth-order valence-electron chi connectivity index (χ4n) is 2.89. The van der Waals surface area contributed by atoms with E-state index in [1.807, 2.05) is 62.4 Å². The molecule has 6 heteroatoms. The van der Waals surface area contributed by atoms with E-state index in [4.69, 9.17) is 0 Å². The third-order valence-corrected chi connectivity index (χ3v) is 4.03. The van der Waals surface area contributed by atoms with Crippen LogP contribution in [0.5, 0.6) is 0 Å². The minimum absolute atomic E-state index is 0.0704. The van der Waals surface area contributed by atoms with Crippen LogP contribution in [0.2, 0.25) is 0 Å². The Morgan fingerprint density at radius 2 is 1.85 bits per heavy atom. The highest BCUT2D eigenvalue weighted by atomic mass is 16.2. The van der Waals surface area contributed by atoms with Gasteiger partial charge in [0.05, 0.1) is 13.0 Å². The summed E-state index contributed by atoms with van der Waals surface area (Å²) in [6.45, 7) is 4.38. The molecule has 2 aromatic rings. The van der Waals surface area contributed by atoms with E-state index in [0.29, 0.717) is 12.5 Å². The van der Waals surface area contributed by atoms with Crippen molar-refractivity contribution in [1.29, 1.82) is 0 Å². The van der Waals surface area contributed by atoms with Crippen molar-refractivity contribution in [3.8, 4) is 0 Å². The maximum absolute atomic E-state index is 12.5. The molecule has 1 fully saturated rings. The number of guanidine groups is 1. The lowest BCUT2D eigenvalue weighted by Crippen LogP contribution is -2.57. The molecule has 6 nitrogen and oxygen atoms in total. The summed E-state index contributed by atoms with van der Waals surface area (Å²) in [5.41, 5.74) is 3.89. The highest BCUT2D eigenvalue weighted by Crippen LogP contribution is 2.14. The van der Waals surface area contributed by atoms with Crippen molar-refractivity contribution in [1.82, 2.24) is 10.6 Å². The van der Waals surface area contributed by atoms with Crippen LogP contribution in [0.4, 0.5) is 5.69 Å². The smallest absolute Gasteiger partial charge is 0.247 e. The SMILES string of the molecule is Cc1cc(C)cc(NC(=O)[C@@H]2CC(=O)NC(=NCc3ccccc3)N2)c1.